The number of nitriles is 1. The van der Waals surface area contributed by atoms with Crippen molar-refractivity contribution in [2.24, 2.45) is 17.3 Å². The summed E-state index contributed by atoms with van der Waals surface area (Å²) in [7, 11) is 0. The minimum absolute atomic E-state index is 0.0467. The number of fused-ring (bicyclic) bond motifs is 1. The summed E-state index contributed by atoms with van der Waals surface area (Å²) in [4.78, 5) is 29.6. The molecule has 1 aliphatic carbocycles. The first-order valence-corrected chi connectivity index (χ1v) is 13.5. The van der Waals surface area contributed by atoms with Crippen molar-refractivity contribution in [3.05, 3.63) is 42.5 Å². The third-order valence-electron chi connectivity index (χ3n) is 7.96. The van der Waals surface area contributed by atoms with E-state index in [0.717, 1.165) is 35.3 Å². The first-order chi connectivity index (χ1) is 18.6. The molecule has 2 saturated heterocycles. The quantitative estimate of drug-likeness (QED) is 0.503. The number of morpholine rings is 1. The van der Waals surface area contributed by atoms with Gasteiger partial charge in [0, 0.05) is 37.0 Å². The molecular formula is C28H33N7O4. The van der Waals surface area contributed by atoms with Crippen molar-refractivity contribution in [2.45, 2.75) is 52.2 Å². The van der Waals surface area contributed by atoms with Crippen molar-refractivity contribution in [3.63, 3.8) is 0 Å². The maximum Gasteiger partial charge on any atom is 0.410 e. The van der Waals surface area contributed by atoms with E-state index >= 15 is 0 Å². The van der Waals surface area contributed by atoms with Crippen LogP contribution in [0.2, 0.25) is 0 Å². The molecule has 3 aliphatic rings. The van der Waals surface area contributed by atoms with E-state index in [9.17, 15) is 14.9 Å². The highest BCUT2D eigenvalue weighted by Gasteiger charge is 2.61. The van der Waals surface area contributed by atoms with Crippen molar-refractivity contribution in [1.29, 1.82) is 5.26 Å². The number of nitrogens with zero attached hydrogens (tertiary/aromatic N) is 7. The average molecular weight is 532 g/mol. The number of aromatic nitrogens is 4. The van der Waals surface area contributed by atoms with E-state index in [1.54, 1.807) is 31.4 Å². The molecule has 0 spiro atoms. The Labute approximate surface area is 226 Å². The van der Waals surface area contributed by atoms with Crippen LogP contribution in [0.1, 0.15) is 52.2 Å². The fraction of sp³-hybridized carbons (Fsp3) is 0.536. The minimum Gasteiger partial charge on any atom is -0.444 e. The smallest absolute Gasteiger partial charge is 0.410 e. The van der Waals surface area contributed by atoms with Crippen LogP contribution < -0.4 is 4.90 Å². The Morgan fingerprint density at radius 2 is 2.03 bits per heavy atom. The van der Waals surface area contributed by atoms with Gasteiger partial charge >= 0.3 is 6.09 Å². The summed E-state index contributed by atoms with van der Waals surface area (Å²) >= 11 is 0. The van der Waals surface area contributed by atoms with Gasteiger partial charge in [-0.25, -0.2) is 14.0 Å². The van der Waals surface area contributed by atoms with Crippen LogP contribution in [-0.4, -0.2) is 68.1 Å². The number of carbonyl (C=O) groups is 2. The van der Waals surface area contributed by atoms with Crippen LogP contribution >= 0.6 is 0 Å². The van der Waals surface area contributed by atoms with E-state index in [1.165, 1.54) is 0 Å². The lowest BCUT2D eigenvalue weighted by atomic mass is 9.75. The molecule has 0 aromatic carbocycles. The fourth-order valence-electron chi connectivity index (χ4n) is 5.83. The minimum atomic E-state index is -0.945. The number of hydrogen-bond donors (Lipinski definition) is 0. The Balaban J connectivity index is 1.25. The van der Waals surface area contributed by atoms with Gasteiger partial charge in [0.25, 0.3) is 0 Å². The number of amides is 2. The number of rotatable bonds is 4. The molecule has 3 aromatic rings. The summed E-state index contributed by atoms with van der Waals surface area (Å²) in [6, 6.07) is 6.17. The summed E-state index contributed by atoms with van der Waals surface area (Å²) in [6.45, 7) is 9.31. The van der Waals surface area contributed by atoms with Crippen LogP contribution in [0.3, 0.4) is 0 Å². The summed E-state index contributed by atoms with van der Waals surface area (Å²) < 4.78 is 15.0. The van der Waals surface area contributed by atoms with E-state index in [4.69, 9.17) is 9.47 Å². The topological polar surface area (TPSA) is 118 Å². The van der Waals surface area contributed by atoms with Gasteiger partial charge in [-0.1, -0.05) is 6.92 Å². The second-order valence-corrected chi connectivity index (χ2v) is 11.8. The lowest BCUT2D eigenvalue weighted by molar-refractivity contribution is -0.124. The molecule has 11 heteroatoms. The molecular weight excluding hydrogens is 498 g/mol. The van der Waals surface area contributed by atoms with Crippen molar-refractivity contribution >= 4 is 23.2 Å². The van der Waals surface area contributed by atoms with Gasteiger partial charge in [0.05, 0.1) is 48.5 Å². The summed E-state index contributed by atoms with van der Waals surface area (Å²) in [5, 5.41) is 19.0. The Kier molecular flexibility index (Phi) is 5.91. The third-order valence-corrected chi connectivity index (χ3v) is 7.96. The zero-order chi connectivity index (χ0) is 27.5. The highest BCUT2D eigenvalue weighted by atomic mass is 16.6. The molecule has 204 valence electrons. The SMILES string of the molecule is C[C@@H]1CN(c2ccnn3cc(-n4cc(C5CN(C(=O)OC(C)(C)C)CCO5)cn4)cc23)C(=O)[C@]1(C#N)C1CC1. The molecule has 1 saturated carbocycles. The largest absolute Gasteiger partial charge is 0.444 e. The lowest BCUT2D eigenvalue weighted by Crippen LogP contribution is -2.44. The summed E-state index contributed by atoms with van der Waals surface area (Å²) in [6.07, 6.45) is 8.33. The predicted molar refractivity (Wildman–Crippen MR) is 141 cm³/mol. The standard InChI is InChI=1S/C28H33N7O4/c1-18-13-33(25(36)28(18,17-29)20-5-6-20)22-7-8-30-35-15-21(11-23(22)35)34-14-19(12-31-34)24-16-32(9-10-38-24)26(37)39-27(2,3)4/h7-8,11-12,14-15,18,20,24H,5-6,9-10,13,16H2,1-4H3/t18-,24?,28+/m1/s1. The lowest BCUT2D eigenvalue weighted by Gasteiger charge is -2.33. The van der Waals surface area contributed by atoms with Gasteiger partial charge in [-0.15, -0.1) is 0 Å². The maximum absolute atomic E-state index is 13.6. The van der Waals surface area contributed by atoms with Gasteiger partial charge < -0.3 is 19.3 Å². The molecule has 5 heterocycles. The fourth-order valence-corrected chi connectivity index (χ4v) is 5.83. The molecule has 11 nitrogen and oxygen atoms in total. The molecule has 0 radical (unpaired) electrons. The molecule has 0 N–H and O–H groups in total. The van der Waals surface area contributed by atoms with Crippen LogP contribution in [0.4, 0.5) is 10.5 Å². The Morgan fingerprint density at radius 1 is 1.23 bits per heavy atom. The van der Waals surface area contributed by atoms with Crippen LogP contribution in [0, 0.1) is 28.6 Å². The average Bonchev–Trinajstić information content (AvgIpc) is 3.36. The van der Waals surface area contributed by atoms with Gasteiger partial charge in [0.2, 0.25) is 5.91 Å². The Morgan fingerprint density at radius 3 is 2.74 bits per heavy atom. The predicted octanol–water partition coefficient (Wildman–Crippen LogP) is 3.73. The second kappa shape index (κ2) is 9.09. The van der Waals surface area contributed by atoms with Gasteiger partial charge in [-0.3, -0.25) is 4.79 Å². The van der Waals surface area contributed by atoms with E-state index in [2.05, 4.69) is 16.3 Å². The normalized spacial score (nSPS) is 25.8. The van der Waals surface area contributed by atoms with Crippen molar-refractivity contribution < 1.29 is 19.1 Å². The summed E-state index contributed by atoms with van der Waals surface area (Å²) in [5.74, 6) is -0.0123. The van der Waals surface area contributed by atoms with E-state index in [0.29, 0.717) is 26.2 Å². The molecule has 2 amide bonds. The zero-order valence-corrected chi connectivity index (χ0v) is 22.7. The third kappa shape index (κ3) is 4.33. The van der Waals surface area contributed by atoms with Crippen LogP contribution in [0.5, 0.6) is 0 Å². The van der Waals surface area contributed by atoms with E-state index in [1.807, 2.05) is 52.2 Å². The van der Waals surface area contributed by atoms with Gasteiger partial charge in [-0.2, -0.15) is 15.5 Å². The maximum atomic E-state index is 13.6. The molecule has 1 unspecified atom stereocenters. The highest BCUT2D eigenvalue weighted by molar-refractivity contribution is 6.05. The zero-order valence-electron chi connectivity index (χ0n) is 22.7. The number of anilines is 1. The van der Waals surface area contributed by atoms with Crippen LogP contribution in [0.15, 0.2) is 36.9 Å². The monoisotopic (exact) mass is 531 g/mol. The van der Waals surface area contributed by atoms with Crippen molar-refractivity contribution in [1.82, 2.24) is 24.3 Å². The van der Waals surface area contributed by atoms with Crippen LogP contribution in [-0.2, 0) is 14.3 Å². The van der Waals surface area contributed by atoms with E-state index in [-0.39, 0.29) is 29.9 Å². The highest BCUT2D eigenvalue weighted by Crippen LogP contribution is 2.54. The Hall–Kier alpha value is -3.91. The summed E-state index contributed by atoms with van der Waals surface area (Å²) in [5.41, 5.74) is 1.61. The number of carbonyl (C=O) groups excluding carboxylic acids is 2. The van der Waals surface area contributed by atoms with Gasteiger partial charge in [-0.05, 0) is 51.7 Å². The second-order valence-electron chi connectivity index (χ2n) is 11.8. The van der Waals surface area contributed by atoms with Gasteiger partial charge in [0.1, 0.15) is 17.1 Å². The van der Waals surface area contributed by atoms with Crippen LogP contribution in [0.25, 0.3) is 11.2 Å². The first kappa shape index (κ1) is 25.4. The van der Waals surface area contributed by atoms with Crippen molar-refractivity contribution in [2.75, 3.05) is 31.1 Å². The molecule has 6 rings (SSSR count). The molecule has 3 atom stereocenters. The number of ether oxygens (including phenoxy) is 2. The Bertz CT molecular complexity index is 1480. The molecule has 2 aliphatic heterocycles. The van der Waals surface area contributed by atoms with E-state index < -0.39 is 11.0 Å². The molecule has 0 bridgehead atoms. The molecule has 39 heavy (non-hydrogen) atoms. The first-order valence-electron chi connectivity index (χ1n) is 13.5. The van der Waals surface area contributed by atoms with Crippen molar-refractivity contribution in [3.8, 4) is 11.8 Å². The molecule has 3 fully saturated rings. The number of hydrogen-bond acceptors (Lipinski definition) is 7. The molecule has 3 aromatic heterocycles. The van der Waals surface area contributed by atoms with Gasteiger partial charge in [0.15, 0.2) is 0 Å².